The van der Waals surface area contributed by atoms with Crippen molar-refractivity contribution in [3.8, 4) is 0 Å². The van der Waals surface area contributed by atoms with E-state index in [-0.39, 0.29) is 55.5 Å². The van der Waals surface area contributed by atoms with E-state index < -0.39 is 17.9 Å². The highest BCUT2D eigenvalue weighted by Gasteiger charge is 2.22. The Labute approximate surface area is 177 Å². The minimum atomic E-state index is -1.02. The van der Waals surface area contributed by atoms with E-state index in [2.05, 4.69) is 21.3 Å². The maximum absolute atomic E-state index is 12.4. The van der Waals surface area contributed by atoms with Crippen LogP contribution in [0.2, 0.25) is 0 Å². The maximum Gasteiger partial charge on any atom is 0.303 e. The third kappa shape index (κ3) is 14.5. The number of carboxylic acids is 1. The number of hydrogen-bond acceptors (Lipinski definition) is 6. The number of carboxylic acid groups (broad SMARTS) is 1. The fourth-order valence-electron chi connectivity index (χ4n) is 2.48. The van der Waals surface area contributed by atoms with Crippen molar-refractivity contribution in [3.63, 3.8) is 0 Å². The molecule has 172 valence electrons. The van der Waals surface area contributed by atoms with E-state index in [1.54, 1.807) is 13.8 Å². The lowest BCUT2D eigenvalue weighted by atomic mass is 9.97. The maximum atomic E-state index is 12.4. The smallest absolute Gasteiger partial charge is 0.303 e. The molecule has 0 heterocycles. The van der Waals surface area contributed by atoms with Gasteiger partial charge < -0.3 is 26.4 Å². The normalized spacial score (nSPS) is 11.8. The number of ketones is 1. The number of carbonyl (C=O) groups excluding carboxylic acids is 4. The van der Waals surface area contributed by atoms with Gasteiger partial charge in [-0.15, -0.1) is 0 Å². The van der Waals surface area contributed by atoms with Gasteiger partial charge in [-0.1, -0.05) is 27.7 Å². The Kier molecular flexibility index (Phi) is 14.1. The van der Waals surface area contributed by atoms with E-state index in [0.717, 1.165) is 0 Å². The Hall–Kier alpha value is -2.49. The number of carbonyl (C=O) groups is 5. The van der Waals surface area contributed by atoms with Crippen LogP contribution in [0, 0.1) is 5.92 Å². The second kappa shape index (κ2) is 15.4. The lowest BCUT2D eigenvalue weighted by Gasteiger charge is -2.20. The van der Waals surface area contributed by atoms with Crippen molar-refractivity contribution in [2.75, 3.05) is 19.6 Å². The molecule has 0 aliphatic carbocycles. The summed E-state index contributed by atoms with van der Waals surface area (Å²) in [5, 5.41) is 19.3. The standard InChI is InChI=1S/C20H36N4O6/c1-13(2)20(30)15(7-5-6-10-21-16(25)8-9-19(28)29)24-18(27)12-23-17(26)11-22-14(3)4/h13-15,22H,5-12H2,1-4H3,(H,21,25)(H,23,26)(H,24,27)(H,28,29)/t15-/m0/s1. The molecule has 3 amide bonds. The minimum Gasteiger partial charge on any atom is -0.481 e. The Morgan fingerprint density at radius 1 is 0.800 bits per heavy atom. The van der Waals surface area contributed by atoms with E-state index in [9.17, 15) is 24.0 Å². The van der Waals surface area contributed by atoms with E-state index in [1.807, 2.05) is 13.8 Å². The summed E-state index contributed by atoms with van der Waals surface area (Å²) in [6.45, 7) is 7.59. The molecule has 0 spiro atoms. The van der Waals surface area contributed by atoms with Crippen LogP contribution in [-0.2, 0) is 24.0 Å². The summed E-state index contributed by atoms with van der Waals surface area (Å²) in [7, 11) is 0. The number of aliphatic carboxylic acids is 1. The first-order valence-electron chi connectivity index (χ1n) is 10.3. The fourth-order valence-corrected chi connectivity index (χ4v) is 2.48. The summed E-state index contributed by atoms with van der Waals surface area (Å²) in [5.74, 6) is -2.44. The molecule has 0 unspecified atom stereocenters. The first-order chi connectivity index (χ1) is 14.0. The predicted octanol–water partition coefficient (Wildman–Crippen LogP) is -0.0382. The van der Waals surface area contributed by atoms with Gasteiger partial charge in [0.2, 0.25) is 17.7 Å². The van der Waals surface area contributed by atoms with Crippen LogP contribution >= 0.6 is 0 Å². The molecule has 0 aromatic heterocycles. The number of nitrogens with one attached hydrogen (secondary N) is 4. The summed E-state index contributed by atoms with van der Waals surface area (Å²) in [6.07, 6.45) is 1.31. The summed E-state index contributed by atoms with van der Waals surface area (Å²) in [6, 6.07) is -0.509. The zero-order chi connectivity index (χ0) is 23.1. The van der Waals surface area contributed by atoms with Gasteiger partial charge in [-0.2, -0.15) is 0 Å². The van der Waals surface area contributed by atoms with Crippen LogP contribution in [0.15, 0.2) is 0 Å². The SMILES string of the molecule is CC(C)NCC(=O)NCC(=O)N[C@@H](CCCCNC(=O)CCC(=O)O)C(=O)C(C)C. The number of rotatable bonds is 16. The van der Waals surface area contributed by atoms with Crippen LogP contribution in [0.5, 0.6) is 0 Å². The number of amides is 3. The van der Waals surface area contributed by atoms with Crippen molar-refractivity contribution in [1.82, 2.24) is 21.3 Å². The fraction of sp³-hybridized carbons (Fsp3) is 0.750. The molecule has 1 atom stereocenters. The predicted molar refractivity (Wildman–Crippen MR) is 112 cm³/mol. The minimum absolute atomic E-state index is 0.0712. The van der Waals surface area contributed by atoms with Crippen LogP contribution in [0.25, 0.3) is 0 Å². The monoisotopic (exact) mass is 428 g/mol. The highest BCUT2D eigenvalue weighted by molar-refractivity contribution is 5.92. The van der Waals surface area contributed by atoms with Crippen LogP contribution < -0.4 is 21.3 Å². The Morgan fingerprint density at radius 3 is 2.03 bits per heavy atom. The zero-order valence-electron chi connectivity index (χ0n) is 18.4. The summed E-state index contributed by atoms with van der Waals surface area (Å²) in [5.41, 5.74) is 0. The van der Waals surface area contributed by atoms with Crippen molar-refractivity contribution in [3.05, 3.63) is 0 Å². The zero-order valence-corrected chi connectivity index (χ0v) is 18.4. The van der Waals surface area contributed by atoms with Crippen LogP contribution in [-0.4, -0.2) is 66.3 Å². The molecule has 0 aliphatic heterocycles. The number of hydrogen-bond donors (Lipinski definition) is 5. The Morgan fingerprint density at radius 2 is 1.47 bits per heavy atom. The molecular weight excluding hydrogens is 392 g/mol. The molecule has 10 nitrogen and oxygen atoms in total. The first-order valence-corrected chi connectivity index (χ1v) is 10.3. The van der Waals surface area contributed by atoms with Crippen molar-refractivity contribution in [2.45, 2.75) is 71.9 Å². The highest BCUT2D eigenvalue weighted by atomic mass is 16.4. The Bertz CT molecular complexity index is 592. The van der Waals surface area contributed by atoms with Gasteiger partial charge in [-0.25, -0.2) is 0 Å². The van der Waals surface area contributed by atoms with Gasteiger partial charge in [-0.3, -0.25) is 24.0 Å². The Balaban J connectivity index is 4.33. The lowest BCUT2D eigenvalue weighted by molar-refractivity contribution is -0.138. The molecule has 0 saturated carbocycles. The average molecular weight is 429 g/mol. The molecule has 30 heavy (non-hydrogen) atoms. The van der Waals surface area contributed by atoms with E-state index >= 15 is 0 Å². The second-order valence-electron chi connectivity index (χ2n) is 7.73. The van der Waals surface area contributed by atoms with Crippen molar-refractivity contribution in [2.24, 2.45) is 5.92 Å². The van der Waals surface area contributed by atoms with Crippen molar-refractivity contribution >= 4 is 29.5 Å². The molecule has 0 bridgehead atoms. The number of unbranched alkanes of at least 4 members (excludes halogenated alkanes) is 1. The third-order valence-corrected chi connectivity index (χ3v) is 4.17. The molecule has 0 saturated heterocycles. The molecular formula is C20H36N4O6. The van der Waals surface area contributed by atoms with E-state index in [4.69, 9.17) is 5.11 Å². The summed E-state index contributed by atoms with van der Waals surface area (Å²) >= 11 is 0. The van der Waals surface area contributed by atoms with Gasteiger partial charge in [-0.05, 0) is 19.3 Å². The highest BCUT2D eigenvalue weighted by Crippen LogP contribution is 2.08. The lowest BCUT2D eigenvalue weighted by Crippen LogP contribution is -2.48. The quantitative estimate of drug-likeness (QED) is 0.216. The topological polar surface area (TPSA) is 154 Å². The summed E-state index contributed by atoms with van der Waals surface area (Å²) in [4.78, 5) is 58.1. The van der Waals surface area contributed by atoms with Crippen LogP contribution in [0.1, 0.15) is 59.8 Å². The van der Waals surface area contributed by atoms with E-state index in [0.29, 0.717) is 25.8 Å². The third-order valence-electron chi connectivity index (χ3n) is 4.17. The van der Waals surface area contributed by atoms with E-state index in [1.165, 1.54) is 0 Å². The number of Topliss-reactive ketones (excluding diaryl/α,β-unsaturated/α-hetero) is 1. The molecule has 0 aromatic rings. The largest absolute Gasteiger partial charge is 0.481 e. The van der Waals surface area contributed by atoms with Gasteiger partial charge in [0, 0.05) is 24.9 Å². The first kappa shape index (κ1) is 27.5. The molecule has 0 fully saturated rings. The van der Waals surface area contributed by atoms with Crippen molar-refractivity contribution in [1.29, 1.82) is 0 Å². The molecule has 0 rings (SSSR count). The van der Waals surface area contributed by atoms with Gasteiger partial charge in [0.15, 0.2) is 5.78 Å². The van der Waals surface area contributed by atoms with Gasteiger partial charge >= 0.3 is 5.97 Å². The molecule has 10 heteroatoms. The van der Waals surface area contributed by atoms with Gasteiger partial charge in [0.1, 0.15) is 0 Å². The molecule has 0 aromatic carbocycles. The van der Waals surface area contributed by atoms with Crippen LogP contribution in [0.4, 0.5) is 0 Å². The molecule has 0 aliphatic rings. The van der Waals surface area contributed by atoms with Gasteiger partial charge in [0.05, 0.1) is 25.6 Å². The molecule has 5 N–H and O–H groups in total. The van der Waals surface area contributed by atoms with Crippen molar-refractivity contribution < 1.29 is 29.1 Å². The second-order valence-corrected chi connectivity index (χ2v) is 7.73. The van der Waals surface area contributed by atoms with Crippen LogP contribution in [0.3, 0.4) is 0 Å². The van der Waals surface area contributed by atoms with Gasteiger partial charge in [0.25, 0.3) is 0 Å². The average Bonchev–Trinajstić information content (AvgIpc) is 2.67. The molecule has 0 radical (unpaired) electrons. The summed E-state index contributed by atoms with van der Waals surface area (Å²) < 4.78 is 0.